The first-order valence-electron chi connectivity index (χ1n) is 30.4. The van der Waals surface area contributed by atoms with Crippen LogP contribution in [0.2, 0.25) is 10.5 Å². The van der Waals surface area contributed by atoms with Gasteiger partial charge in [0.1, 0.15) is 0 Å². The van der Waals surface area contributed by atoms with Crippen molar-refractivity contribution >= 4 is 13.9 Å². The Morgan fingerprint density at radius 2 is 0.709 bits per heavy atom. The predicted octanol–water partition coefficient (Wildman–Crippen LogP) is 19.9. The van der Waals surface area contributed by atoms with Gasteiger partial charge in [-0.25, -0.2) is 0 Å². The Labute approximate surface area is 476 Å². The first kappa shape index (κ1) is 57.2. The van der Waals surface area contributed by atoms with Crippen molar-refractivity contribution in [3.8, 4) is 67.5 Å². The number of halogens is 2. The van der Waals surface area contributed by atoms with Crippen LogP contribution in [0.25, 0.3) is 44.5 Å². The Balaban J connectivity index is 1.14. The van der Waals surface area contributed by atoms with Crippen LogP contribution in [0, 0.1) is 22.5 Å². The summed E-state index contributed by atoms with van der Waals surface area (Å²) in [6.07, 6.45) is 18.9. The van der Waals surface area contributed by atoms with E-state index in [9.17, 15) is 10.2 Å². The average molecular weight is 1130 g/mol. The SMILES string of the molecule is C[CH2][Ge]([CH2]C)([O]c1ccc(F)cc1-c1cc(C(C)(C)CC(C)(C)C)cc(-c2c3c(cc4c2CCCC4)CCCC3)c1O)[O]c1ccc(F)cc1-c1cc(C(C)(C)CC(C)(C)C)cc(-c2c3c(cc4c2CCCC4)CCCC3)c1O. The van der Waals surface area contributed by atoms with E-state index in [1.807, 2.05) is 0 Å². The topological polar surface area (TPSA) is 58.9 Å². The van der Waals surface area contributed by atoms with Crippen molar-refractivity contribution in [2.45, 2.75) is 220 Å². The van der Waals surface area contributed by atoms with E-state index in [-0.39, 0.29) is 33.2 Å². The van der Waals surface area contributed by atoms with Crippen molar-refractivity contribution in [1.82, 2.24) is 0 Å². The molecule has 0 aliphatic heterocycles. The molecule has 0 bridgehead atoms. The number of benzene rings is 6. The second kappa shape index (κ2) is 22.0. The molecule has 0 saturated carbocycles. The number of fused-ring (bicyclic) bond motifs is 4. The van der Waals surface area contributed by atoms with Gasteiger partial charge in [0.05, 0.1) is 0 Å². The van der Waals surface area contributed by atoms with Crippen molar-refractivity contribution in [3.63, 3.8) is 0 Å². The van der Waals surface area contributed by atoms with Gasteiger partial charge in [0.15, 0.2) is 0 Å². The Morgan fingerprint density at radius 1 is 0.405 bits per heavy atom. The van der Waals surface area contributed by atoms with E-state index in [1.54, 1.807) is 12.1 Å². The van der Waals surface area contributed by atoms with Crippen LogP contribution in [0.15, 0.2) is 72.8 Å². The molecule has 10 rings (SSSR count). The average Bonchev–Trinajstić information content (AvgIpc) is 3.45. The van der Waals surface area contributed by atoms with E-state index in [0.29, 0.717) is 44.3 Å². The maximum absolute atomic E-state index is 16.2. The summed E-state index contributed by atoms with van der Waals surface area (Å²) in [7, 11) is 0. The standard InChI is InChI=1S/C72H90F2GeO4/c1-13-75(14-2,78-63-33-31-51(73)41-57(63)59-37-49(71(9,10)43-69(3,4)5)39-61(67(59)76)65-53-27-19-15-23-45(53)35-46-24-16-20-28-54(46)65)79-64-34-32-52(74)42-58(64)60-38-50(72(11,12)44-70(6,7)8)40-62(68(60)77)66-55-29-21-17-25-47(55)36-48-26-18-22-30-56(48)66/h31-42,76-77H,13-30,43-44H2,1-12H3. The van der Waals surface area contributed by atoms with Crippen LogP contribution in [-0.4, -0.2) is 24.2 Å². The summed E-state index contributed by atoms with van der Waals surface area (Å²) in [4.78, 5) is 0. The monoisotopic (exact) mass is 1130 g/mol. The van der Waals surface area contributed by atoms with Gasteiger partial charge in [-0.3, -0.25) is 0 Å². The van der Waals surface area contributed by atoms with Gasteiger partial charge in [0.2, 0.25) is 0 Å². The Hall–Kier alpha value is -5.08. The molecule has 0 aromatic heterocycles. The molecule has 0 amide bonds. The van der Waals surface area contributed by atoms with E-state index >= 15 is 8.78 Å². The molecule has 420 valence electrons. The van der Waals surface area contributed by atoms with Gasteiger partial charge in [0, 0.05) is 0 Å². The van der Waals surface area contributed by atoms with Gasteiger partial charge in [-0.2, -0.15) is 0 Å². The Kier molecular flexibility index (Phi) is 15.9. The fourth-order valence-electron chi connectivity index (χ4n) is 15.2. The number of phenolic OH excluding ortho intramolecular Hbond substituents is 2. The molecule has 0 heterocycles. The molecule has 2 N–H and O–H groups in total. The molecule has 0 radical (unpaired) electrons. The molecule has 7 heteroatoms. The predicted molar refractivity (Wildman–Crippen MR) is 327 cm³/mol. The molecule has 4 aliphatic carbocycles. The summed E-state index contributed by atoms with van der Waals surface area (Å²) in [6, 6.07) is 23.0. The molecule has 0 unspecified atom stereocenters. The number of hydrogen-bond acceptors (Lipinski definition) is 4. The fraction of sp³-hybridized carbons (Fsp3) is 0.500. The summed E-state index contributed by atoms with van der Waals surface area (Å²) in [5, 5.41) is 27.4. The molecule has 0 saturated heterocycles. The number of phenols is 2. The molecule has 4 nitrogen and oxygen atoms in total. The summed E-state index contributed by atoms with van der Waals surface area (Å²) in [5.41, 5.74) is 18.7. The van der Waals surface area contributed by atoms with Crippen LogP contribution < -0.4 is 7.53 Å². The molecular formula is C72H90F2GeO4. The zero-order valence-electron chi connectivity index (χ0n) is 50.0. The van der Waals surface area contributed by atoms with E-state index in [1.165, 1.54) is 79.9 Å². The molecule has 0 fully saturated rings. The molecule has 0 atom stereocenters. The van der Waals surface area contributed by atoms with Gasteiger partial charge in [-0.1, -0.05) is 0 Å². The zero-order valence-corrected chi connectivity index (χ0v) is 52.1. The Morgan fingerprint density at radius 3 is 1.01 bits per heavy atom. The van der Waals surface area contributed by atoms with Crippen molar-refractivity contribution < 1.29 is 26.5 Å². The fourth-order valence-corrected chi connectivity index (χ4v) is 20.0. The summed E-state index contributed by atoms with van der Waals surface area (Å²) >= 11 is -4.16. The molecular weight excluding hydrogens is 1040 g/mol. The number of aryl methyl sites for hydroxylation is 4. The van der Waals surface area contributed by atoms with E-state index in [2.05, 4.69) is 119 Å². The van der Waals surface area contributed by atoms with Gasteiger partial charge in [-0.15, -0.1) is 0 Å². The second-order valence-corrected chi connectivity index (χ2v) is 35.7. The zero-order chi connectivity index (χ0) is 56.4. The molecule has 6 aromatic carbocycles. The summed E-state index contributed by atoms with van der Waals surface area (Å²) in [5.74, 6) is 0.344. The van der Waals surface area contributed by atoms with Gasteiger partial charge < -0.3 is 0 Å². The van der Waals surface area contributed by atoms with Crippen LogP contribution >= 0.6 is 0 Å². The van der Waals surface area contributed by atoms with Crippen molar-refractivity contribution in [2.75, 3.05) is 0 Å². The van der Waals surface area contributed by atoms with Crippen LogP contribution in [0.5, 0.6) is 23.0 Å². The van der Waals surface area contributed by atoms with E-state index in [0.717, 1.165) is 138 Å². The third-order valence-corrected chi connectivity index (χ3v) is 25.3. The first-order chi connectivity index (χ1) is 37.4. The maximum atomic E-state index is 16.2. The van der Waals surface area contributed by atoms with Gasteiger partial charge >= 0.3 is 479 Å². The van der Waals surface area contributed by atoms with Gasteiger partial charge in [0.25, 0.3) is 0 Å². The van der Waals surface area contributed by atoms with Crippen LogP contribution in [0.3, 0.4) is 0 Å². The van der Waals surface area contributed by atoms with Crippen molar-refractivity contribution in [3.05, 3.63) is 140 Å². The minimum atomic E-state index is -4.16. The van der Waals surface area contributed by atoms with Crippen LogP contribution in [0.1, 0.15) is 203 Å². The first-order valence-corrected chi connectivity index (χ1v) is 35.1. The van der Waals surface area contributed by atoms with Crippen LogP contribution in [-0.2, 0) is 62.2 Å². The minimum absolute atomic E-state index is 0.00854. The number of hydrogen-bond donors (Lipinski definition) is 2. The molecule has 6 aromatic rings. The van der Waals surface area contributed by atoms with Crippen molar-refractivity contribution in [2.24, 2.45) is 10.8 Å². The normalized spacial score (nSPS) is 16.0. The third kappa shape index (κ3) is 11.7. The second-order valence-electron chi connectivity index (χ2n) is 28.1. The quantitative estimate of drug-likeness (QED) is 0.107. The van der Waals surface area contributed by atoms with Crippen LogP contribution in [0.4, 0.5) is 8.78 Å². The number of aromatic hydroxyl groups is 2. The molecule has 4 aliphatic rings. The molecule has 0 spiro atoms. The summed E-state index contributed by atoms with van der Waals surface area (Å²) in [6.45, 7) is 27.0. The van der Waals surface area contributed by atoms with E-state index in [4.69, 9.17) is 7.53 Å². The number of rotatable bonds is 14. The van der Waals surface area contributed by atoms with Crippen molar-refractivity contribution in [1.29, 1.82) is 0 Å². The third-order valence-electron chi connectivity index (χ3n) is 18.3. The Bertz CT molecular complexity index is 3010. The van der Waals surface area contributed by atoms with Gasteiger partial charge in [-0.05, 0) is 0 Å². The molecule has 79 heavy (non-hydrogen) atoms. The van der Waals surface area contributed by atoms with E-state index < -0.39 is 25.6 Å². The summed E-state index contributed by atoms with van der Waals surface area (Å²) < 4.78 is 47.3.